The number of aryl methyl sites for hydroxylation is 1. The van der Waals surface area contributed by atoms with Crippen LogP contribution in [0.3, 0.4) is 0 Å². The van der Waals surface area contributed by atoms with Gasteiger partial charge in [-0.05, 0) is 36.6 Å². The zero-order valence-corrected chi connectivity index (χ0v) is 11.8. The number of carbonyl (C=O) groups excluding carboxylic acids is 1. The molecule has 0 bridgehead atoms. The van der Waals surface area contributed by atoms with E-state index in [0.717, 1.165) is 25.1 Å². The lowest BCUT2D eigenvalue weighted by Gasteiger charge is -2.29. The molecule has 0 unspecified atom stereocenters. The van der Waals surface area contributed by atoms with Crippen LogP contribution in [0.15, 0.2) is 48.5 Å². The first-order chi connectivity index (χ1) is 10.3. The van der Waals surface area contributed by atoms with Crippen molar-refractivity contribution in [2.75, 3.05) is 23.8 Å². The Balaban J connectivity index is 1.71. The molecule has 0 spiro atoms. The van der Waals surface area contributed by atoms with Crippen LogP contribution in [0.4, 0.5) is 11.4 Å². The van der Waals surface area contributed by atoms with Crippen molar-refractivity contribution in [3.05, 3.63) is 54.1 Å². The molecule has 2 aromatic rings. The van der Waals surface area contributed by atoms with E-state index in [2.05, 4.69) is 6.07 Å². The second-order valence-corrected chi connectivity index (χ2v) is 5.10. The number of amides is 1. The summed E-state index contributed by atoms with van der Waals surface area (Å²) in [5.41, 5.74) is 8.57. The molecular weight excluding hydrogens is 264 g/mol. The Kier molecular flexibility index (Phi) is 3.77. The van der Waals surface area contributed by atoms with E-state index in [1.54, 1.807) is 17.0 Å². The summed E-state index contributed by atoms with van der Waals surface area (Å²) in [5, 5.41) is 0. The summed E-state index contributed by atoms with van der Waals surface area (Å²) in [6.45, 7) is 0.742. The van der Waals surface area contributed by atoms with Gasteiger partial charge in [0.25, 0.3) is 5.91 Å². The molecule has 2 aromatic carbocycles. The quantitative estimate of drug-likeness (QED) is 0.880. The molecule has 0 saturated carbocycles. The van der Waals surface area contributed by atoms with Crippen LogP contribution in [-0.2, 0) is 11.2 Å². The third kappa shape index (κ3) is 2.84. The number of fused-ring (bicyclic) bond motifs is 1. The summed E-state index contributed by atoms with van der Waals surface area (Å²) >= 11 is 0. The number of hydrogen-bond acceptors (Lipinski definition) is 3. The molecule has 4 nitrogen and oxygen atoms in total. The third-order valence-corrected chi connectivity index (χ3v) is 3.68. The number of anilines is 2. The maximum Gasteiger partial charge on any atom is 0.264 e. The van der Waals surface area contributed by atoms with Gasteiger partial charge in [0.2, 0.25) is 0 Å². The van der Waals surface area contributed by atoms with Crippen LogP contribution >= 0.6 is 0 Å². The van der Waals surface area contributed by atoms with E-state index >= 15 is 0 Å². The van der Waals surface area contributed by atoms with Gasteiger partial charge in [0.1, 0.15) is 5.75 Å². The Labute approximate surface area is 124 Å². The van der Waals surface area contributed by atoms with Crippen LogP contribution in [0.25, 0.3) is 0 Å². The zero-order chi connectivity index (χ0) is 14.7. The number of hydrogen-bond donors (Lipinski definition) is 1. The highest BCUT2D eigenvalue weighted by Crippen LogP contribution is 2.27. The number of nitrogens with zero attached hydrogens (tertiary/aromatic N) is 1. The number of para-hydroxylation sites is 3. The Bertz CT molecular complexity index is 655. The van der Waals surface area contributed by atoms with Gasteiger partial charge < -0.3 is 15.4 Å². The van der Waals surface area contributed by atoms with Crippen molar-refractivity contribution < 1.29 is 9.53 Å². The molecule has 0 atom stereocenters. The molecule has 0 radical (unpaired) electrons. The second-order valence-electron chi connectivity index (χ2n) is 5.10. The van der Waals surface area contributed by atoms with Gasteiger partial charge in [0.15, 0.2) is 6.61 Å². The monoisotopic (exact) mass is 282 g/mol. The molecule has 0 aromatic heterocycles. The van der Waals surface area contributed by atoms with Crippen LogP contribution < -0.4 is 15.4 Å². The minimum atomic E-state index is -0.0367. The van der Waals surface area contributed by atoms with Crippen LogP contribution in [-0.4, -0.2) is 19.1 Å². The minimum Gasteiger partial charge on any atom is -0.482 e. The van der Waals surface area contributed by atoms with Crippen molar-refractivity contribution in [2.24, 2.45) is 0 Å². The molecule has 1 heterocycles. The van der Waals surface area contributed by atoms with Gasteiger partial charge in [-0.1, -0.05) is 30.3 Å². The molecular formula is C17H18N2O2. The molecule has 1 aliphatic rings. The van der Waals surface area contributed by atoms with Gasteiger partial charge in [0.05, 0.1) is 5.69 Å². The topological polar surface area (TPSA) is 55.6 Å². The van der Waals surface area contributed by atoms with E-state index in [4.69, 9.17) is 10.5 Å². The Morgan fingerprint density at radius 1 is 1.14 bits per heavy atom. The smallest absolute Gasteiger partial charge is 0.264 e. The van der Waals surface area contributed by atoms with Crippen LogP contribution in [0.5, 0.6) is 5.75 Å². The largest absolute Gasteiger partial charge is 0.482 e. The van der Waals surface area contributed by atoms with Gasteiger partial charge in [0, 0.05) is 12.2 Å². The minimum absolute atomic E-state index is 0.00253. The van der Waals surface area contributed by atoms with E-state index in [1.165, 1.54) is 5.56 Å². The van der Waals surface area contributed by atoms with Gasteiger partial charge in [-0.3, -0.25) is 4.79 Å². The van der Waals surface area contributed by atoms with Crippen molar-refractivity contribution in [2.45, 2.75) is 12.8 Å². The fourth-order valence-electron chi connectivity index (χ4n) is 2.62. The first-order valence-electron chi connectivity index (χ1n) is 7.11. The number of benzene rings is 2. The average molecular weight is 282 g/mol. The molecule has 4 heteroatoms. The Morgan fingerprint density at radius 2 is 1.90 bits per heavy atom. The highest BCUT2D eigenvalue weighted by atomic mass is 16.5. The zero-order valence-electron chi connectivity index (χ0n) is 11.8. The normalized spacial score (nSPS) is 13.6. The second kappa shape index (κ2) is 5.87. The number of rotatable bonds is 3. The molecule has 108 valence electrons. The predicted molar refractivity (Wildman–Crippen MR) is 83.5 cm³/mol. The summed E-state index contributed by atoms with van der Waals surface area (Å²) in [4.78, 5) is 14.2. The summed E-state index contributed by atoms with van der Waals surface area (Å²) in [6.07, 6.45) is 2.00. The van der Waals surface area contributed by atoms with Crippen molar-refractivity contribution in [3.63, 3.8) is 0 Å². The summed E-state index contributed by atoms with van der Waals surface area (Å²) in [7, 11) is 0. The number of nitrogens with two attached hydrogens (primary N) is 1. The number of carbonyl (C=O) groups is 1. The van der Waals surface area contributed by atoms with Crippen molar-refractivity contribution in [1.82, 2.24) is 0 Å². The lowest BCUT2D eigenvalue weighted by molar-refractivity contribution is -0.120. The fraction of sp³-hybridized carbons (Fsp3) is 0.235. The number of ether oxygens (including phenoxy) is 1. The van der Waals surface area contributed by atoms with Crippen LogP contribution in [0, 0.1) is 0 Å². The highest BCUT2D eigenvalue weighted by molar-refractivity contribution is 5.95. The van der Waals surface area contributed by atoms with Crippen molar-refractivity contribution in [1.29, 1.82) is 0 Å². The third-order valence-electron chi connectivity index (χ3n) is 3.68. The van der Waals surface area contributed by atoms with E-state index in [-0.39, 0.29) is 12.5 Å². The molecule has 2 N–H and O–H groups in total. The predicted octanol–water partition coefficient (Wildman–Crippen LogP) is 2.63. The van der Waals surface area contributed by atoms with Gasteiger partial charge >= 0.3 is 0 Å². The molecule has 0 aliphatic carbocycles. The number of nitrogen functional groups attached to an aromatic ring is 1. The molecule has 1 amide bonds. The SMILES string of the molecule is Nc1ccccc1OCC(=O)N1CCCc2ccccc21. The van der Waals surface area contributed by atoms with E-state index in [1.807, 2.05) is 30.3 Å². The van der Waals surface area contributed by atoms with Gasteiger partial charge in [-0.2, -0.15) is 0 Å². The first kappa shape index (κ1) is 13.5. The lowest BCUT2D eigenvalue weighted by Crippen LogP contribution is -2.38. The summed E-state index contributed by atoms with van der Waals surface area (Å²) < 4.78 is 5.55. The van der Waals surface area contributed by atoms with E-state index in [9.17, 15) is 4.79 Å². The molecule has 1 aliphatic heterocycles. The lowest BCUT2D eigenvalue weighted by atomic mass is 10.0. The van der Waals surface area contributed by atoms with Crippen molar-refractivity contribution in [3.8, 4) is 5.75 Å². The summed E-state index contributed by atoms with van der Waals surface area (Å²) in [6, 6.07) is 15.2. The average Bonchev–Trinajstić information content (AvgIpc) is 2.53. The maximum atomic E-state index is 12.4. The van der Waals surface area contributed by atoms with Crippen molar-refractivity contribution >= 4 is 17.3 Å². The van der Waals surface area contributed by atoms with Gasteiger partial charge in [-0.15, -0.1) is 0 Å². The first-order valence-corrected chi connectivity index (χ1v) is 7.11. The fourth-order valence-corrected chi connectivity index (χ4v) is 2.62. The molecule has 21 heavy (non-hydrogen) atoms. The molecule has 3 rings (SSSR count). The summed E-state index contributed by atoms with van der Waals surface area (Å²) in [5.74, 6) is 0.515. The Hall–Kier alpha value is -2.49. The Morgan fingerprint density at radius 3 is 2.76 bits per heavy atom. The van der Waals surface area contributed by atoms with Crippen LogP contribution in [0.1, 0.15) is 12.0 Å². The van der Waals surface area contributed by atoms with E-state index < -0.39 is 0 Å². The highest BCUT2D eigenvalue weighted by Gasteiger charge is 2.22. The van der Waals surface area contributed by atoms with Crippen LogP contribution in [0.2, 0.25) is 0 Å². The molecule has 0 saturated heterocycles. The van der Waals surface area contributed by atoms with E-state index in [0.29, 0.717) is 11.4 Å². The van der Waals surface area contributed by atoms with Gasteiger partial charge in [-0.25, -0.2) is 0 Å². The molecule has 0 fully saturated rings. The maximum absolute atomic E-state index is 12.4. The standard InChI is InChI=1S/C17H18N2O2/c18-14-8-2-4-10-16(14)21-12-17(20)19-11-5-7-13-6-1-3-9-15(13)19/h1-4,6,8-10H,5,7,11-12,18H2.